The molecule has 0 heterocycles. The second-order valence-corrected chi connectivity index (χ2v) is 7.28. The van der Waals surface area contributed by atoms with E-state index < -0.39 is 10.0 Å². The van der Waals surface area contributed by atoms with Gasteiger partial charge in [0, 0.05) is 10.5 Å². The average molecular weight is 320 g/mol. The van der Waals surface area contributed by atoms with E-state index in [0.29, 0.717) is 0 Å². The van der Waals surface area contributed by atoms with Crippen molar-refractivity contribution in [3.05, 3.63) is 34.3 Å². The van der Waals surface area contributed by atoms with Gasteiger partial charge in [0.25, 0.3) is 0 Å². The Morgan fingerprint density at radius 1 is 1.29 bits per heavy atom. The van der Waals surface area contributed by atoms with E-state index in [1.807, 2.05) is 45.0 Å². The molecule has 3 nitrogen and oxygen atoms in total. The average Bonchev–Trinajstić information content (AvgIpc) is 2.14. The summed E-state index contributed by atoms with van der Waals surface area (Å²) in [5.41, 5.74) is 0.951. The van der Waals surface area contributed by atoms with Gasteiger partial charge in [-0.3, -0.25) is 0 Å². The topological polar surface area (TPSA) is 46.2 Å². The van der Waals surface area contributed by atoms with Gasteiger partial charge < -0.3 is 0 Å². The summed E-state index contributed by atoms with van der Waals surface area (Å²) in [6.07, 6.45) is 0. The molecule has 0 fully saturated rings. The maximum absolute atomic E-state index is 11.8. The lowest BCUT2D eigenvalue weighted by molar-refractivity contribution is 0.554. The van der Waals surface area contributed by atoms with Gasteiger partial charge in [0.2, 0.25) is 10.0 Å². The van der Waals surface area contributed by atoms with Crippen LogP contribution in [0.2, 0.25) is 0 Å². The second-order valence-electron chi connectivity index (χ2n) is 4.57. The van der Waals surface area contributed by atoms with Crippen LogP contribution in [0.4, 0.5) is 0 Å². The van der Waals surface area contributed by atoms with E-state index in [-0.39, 0.29) is 17.7 Å². The molecule has 1 unspecified atom stereocenters. The molecule has 17 heavy (non-hydrogen) atoms. The van der Waals surface area contributed by atoms with Gasteiger partial charge in [-0.05, 0) is 30.5 Å². The van der Waals surface area contributed by atoms with Crippen LogP contribution in [0.25, 0.3) is 0 Å². The zero-order chi connectivity index (χ0) is 13.1. The van der Waals surface area contributed by atoms with Crippen LogP contribution in [0, 0.1) is 5.92 Å². The molecule has 0 aromatic heterocycles. The number of hydrogen-bond acceptors (Lipinski definition) is 2. The Kier molecular flexibility index (Phi) is 5.16. The molecule has 0 aliphatic heterocycles. The van der Waals surface area contributed by atoms with Crippen molar-refractivity contribution in [1.82, 2.24) is 4.72 Å². The van der Waals surface area contributed by atoms with Crippen LogP contribution in [0.1, 0.15) is 32.4 Å². The van der Waals surface area contributed by atoms with Crippen molar-refractivity contribution in [3.8, 4) is 0 Å². The fraction of sp³-hybridized carbons (Fsp3) is 0.500. The molecule has 1 N–H and O–H groups in total. The summed E-state index contributed by atoms with van der Waals surface area (Å²) in [6.45, 7) is 5.63. The van der Waals surface area contributed by atoms with E-state index in [0.717, 1.165) is 10.0 Å². The highest BCUT2D eigenvalue weighted by Gasteiger charge is 2.17. The molecule has 0 saturated carbocycles. The number of rotatable bonds is 5. The molecule has 1 rings (SSSR count). The van der Waals surface area contributed by atoms with Crippen LogP contribution in [0.15, 0.2) is 28.7 Å². The van der Waals surface area contributed by atoms with Gasteiger partial charge in [0.15, 0.2) is 0 Å². The smallest absolute Gasteiger partial charge is 0.212 e. The van der Waals surface area contributed by atoms with Crippen LogP contribution in [0.5, 0.6) is 0 Å². The number of benzene rings is 1. The van der Waals surface area contributed by atoms with Crippen LogP contribution in [-0.4, -0.2) is 14.2 Å². The van der Waals surface area contributed by atoms with Gasteiger partial charge in [-0.2, -0.15) is 0 Å². The zero-order valence-electron chi connectivity index (χ0n) is 10.3. The molecule has 0 bridgehead atoms. The molecule has 0 radical (unpaired) electrons. The Morgan fingerprint density at radius 3 is 2.47 bits per heavy atom. The van der Waals surface area contributed by atoms with Crippen molar-refractivity contribution < 1.29 is 8.42 Å². The summed E-state index contributed by atoms with van der Waals surface area (Å²) in [5.74, 6) is 0.285. The normalized spacial score (nSPS) is 13.9. The lowest BCUT2D eigenvalue weighted by atomic mass is 10.1. The maximum atomic E-state index is 11.8. The van der Waals surface area contributed by atoms with Crippen LogP contribution >= 0.6 is 15.9 Å². The van der Waals surface area contributed by atoms with Gasteiger partial charge in [-0.15, -0.1) is 0 Å². The Labute approximate surface area is 112 Å². The van der Waals surface area contributed by atoms with Crippen LogP contribution in [0.3, 0.4) is 0 Å². The molecular formula is C12H18BrNO2S. The second kappa shape index (κ2) is 5.98. The van der Waals surface area contributed by atoms with Crippen molar-refractivity contribution in [2.75, 3.05) is 5.75 Å². The third kappa shape index (κ3) is 5.19. The Bertz CT molecular complexity index is 471. The highest BCUT2D eigenvalue weighted by Crippen LogP contribution is 2.18. The van der Waals surface area contributed by atoms with Gasteiger partial charge in [0.1, 0.15) is 0 Å². The Morgan fingerprint density at radius 2 is 1.94 bits per heavy atom. The molecule has 1 aromatic carbocycles. The maximum Gasteiger partial charge on any atom is 0.212 e. The SMILES string of the molecule is CC(C)CS(=O)(=O)NC(C)c1cccc(Br)c1. The first-order valence-corrected chi connectivity index (χ1v) is 8.00. The molecule has 0 spiro atoms. The molecular weight excluding hydrogens is 302 g/mol. The van der Waals surface area contributed by atoms with E-state index in [9.17, 15) is 8.42 Å². The molecule has 96 valence electrons. The highest BCUT2D eigenvalue weighted by atomic mass is 79.9. The zero-order valence-corrected chi connectivity index (χ0v) is 12.7. The van der Waals surface area contributed by atoms with E-state index in [4.69, 9.17) is 0 Å². The molecule has 1 atom stereocenters. The minimum absolute atomic E-state index is 0.127. The summed E-state index contributed by atoms with van der Waals surface area (Å²) in [7, 11) is -3.21. The van der Waals surface area contributed by atoms with Gasteiger partial charge in [-0.25, -0.2) is 13.1 Å². The van der Waals surface area contributed by atoms with Gasteiger partial charge >= 0.3 is 0 Å². The predicted molar refractivity (Wildman–Crippen MR) is 74.3 cm³/mol. The van der Waals surface area contributed by atoms with Crippen molar-refractivity contribution in [2.24, 2.45) is 5.92 Å². The number of halogens is 1. The quantitative estimate of drug-likeness (QED) is 0.906. The van der Waals surface area contributed by atoms with Gasteiger partial charge in [0.05, 0.1) is 5.75 Å². The van der Waals surface area contributed by atoms with E-state index in [1.165, 1.54) is 0 Å². The monoisotopic (exact) mass is 319 g/mol. The molecule has 5 heteroatoms. The van der Waals surface area contributed by atoms with E-state index in [1.54, 1.807) is 0 Å². The fourth-order valence-corrected chi connectivity index (χ4v) is 3.67. The lowest BCUT2D eigenvalue weighted by Crippen LogP contribution is -2.30. The van der Waals surface area contributed by atoms with Gasteiger partial charge in [-0.1, -0.05) is 41.9 Å². The van der Waals surface area contributed by atoms with Crippen LogP contribution < -0.4 is 4.72 Å². The van der Waals surface area contributed by atoms with Crippen molar-refractivity contribution in [1.29, 1.82) is 0 Å². The number of hydrogen-bond donors (Lipinski definition) is 1. The summed E-state index contributed by atoms with van der Waals surface area (Å²) < 4.78 is 27.2. The largest absolute Gasteiger partial charge is 0.212 e. The van der Waals surface area contributed by atoms with E-state index >= 15 is 0 Å². The fourth-order valence-electron chi connectivity index (χ4n) is 1.60. The molecule has 0 aliphatic rings. The lowest BCUT2D eigenvalue weighted by Gasteiger charge is -2.16. The van der Waals surface area contributed by atoms with Crippen molar-refractivity contribution >= 4 is 26.0 Å². The number of nitrogens with one attached hydrogen (secondary N) is 1. The number of sulfonamides is 1. The van der Waals surface area contributed by atoms with Crippen molar-refractivity contribution in [3.63, 3.8) is 0 Å². The first-order chi connectivity index (χ1) is 7.80. The first-order valence-electron chi connectivity index (χ1n) is 5.55. The highest BCUT2D eigenvalue weighted by molar-refractivity contribution is 9.10. The minimum Gasteiger partial charge on any atom is -0.212 e. The first kappa shape index (κ1) is 14.7. The standard InChI is InChI=1S/C12H18BrNO2S/c1-9(2)8-17(15,16)14-10(3)11-5-4-6-12(13)7-11/h4-7,9-10,14H,8H2,1-3H3. The summed E-state index contributed by atoms with van der Waals surface area (Å²) in [4.78, 5) is 0. The molecule has 0 saturated heterocycles. The molecule has 0 amide bonds. The third-order valence-corrected chi connectivity index (χ3v) is 4.57. The summed E-state index contributed by atoms with van der Waals surface area (Å²) in [5, 5.41) is 0. The van der Waals surface area contributed by atoms with Crippen LogP contribution in [-0.2, 0) is 10.0 Å². The van der Waals surface area contributed by atoms with Crippen molar-refractivity contribution in [2.45, 2.75) is 26.8 Å². The summed E-state index contributed by atoms with van der Waals surface area (Å²) >= 11 is 3.37. The third-order valence-electron chi connectivity index (χ3n) is 2.26. The Hall–Kier alpha value is -0.390. The molecule has 0 aliphatic carbocycles. The minimum atomic E-state index is -3.21. The van der Waals surface area contributed by atoms with E-state index in [2.05, 4.69) is 20.7 Å². The predicted octanol–water partition coefficient (Wildman–Crippen LogP) is 3.09. The molecule has 1 aromatic rings. The summed E-state index contributed by atoms with van der Waals surface area (Å²) in [6, 6.07) is 7.43. The Balaban J connectivity index is 2.76.